The molecule has 0 atom stereocenters. The zero-order valence-corrected chi connectivity index (χ0v) is 16.7. The summed E-state index contributed by atoms with van der Waals surface area (Å²) < 4.78 is 51.7. The first-order chi connectivity index (χ1) is 11.6. The molecule has 9 heteroatoms. The maximum atomic E-state index is 12.8. The maximum absolute atomic E-state index is 12.8. The van der Waals surface area contributed by atoms with E-state index in [0.717, 1.165) is 23.9 Å². The molecule has 25 heavy (non-hydrogen) atoms. The van der Waals surface area contributed by atoms with Crippen LogP contribution in [0.1, 0.15) is 17.5 Å². The number of sulfonamides is 2. The smallest absolute Gasteiger partial charge is 0.243 e. The van der Waals surface area contributed by atoms with Crippen molar-refractivity contribution < 1.29 is 16.8 Å². The Labute approximate surface area is 151 Å². The van der Waals surface area contributed by atoms with Gasteiger partial charge < -0.3 is 4.90 Å². The third-order valence-electron chi connectivity index (χ3n) is 4.29. The summed E-state index contributed by atoms with van der Waals surface area (Å²) in [5.74, 6) is 0. The third-order valence-corrected chi connectivity index (χ3v) is 7.08. The minimum atomic E-state index is -3.46. The summed E-state index contributed by atoms with van der Waals surface area (Å²) in [5, 5.41) is 0. The normalized spacial score (nSPS) is 17.7. The molecular formula is C16H27N3O4S2. The molecule has 0 saturated carbocycles. The number of nitrogens with one attached hydrogen (secondary N) is 1. The molecule has 0 bridgehead atoms. The summed E-state index contributed by atoms with van der Waals surface area (Å²) in [6.45, 7) is 7.14. The number of hydrogen-bond donors (Lipinski definition) is 1. The van der Waals surface area contributed by atoms with E-state index in [-0.39, 0.29) is 0 Å². The monoisotopic (exact) mass is 389 g/mol. The van der Waals surface area contributed by atoms with E-state index in [1.54, 1.807) is 6.07 Å². The van der Waals surface area contributed by atoms with E-state index in [1.807, 2.05) is 26.0 Å². The summed E-state index contributed by atoms with van der Waals surface area (Å²) in [7, 11) is -6.61. The molecule has 7 nitrogen and oxygen atoms in total. The average molecular weight is 390 g/mol. The Bertz CT molecular complexity index is 799. The summed E-state index contributed by atoms with van der Waals surface area (Å²) in [6, 6.07) is 5.39. The lowest BCUT2D eigenvalue weighted by Gasteiger charge is -2.34. The zero-order chi connectivity index (χ0) is 18.7. The van der Waals surface area contributed by atoms with Crippen LogP contribution in [0.2, 0.25) is 0 Å². The van der Waals surface area contributed by atoms with E-state index in [1.165, 1.54) is 4.31 Å². The van der Waals surface area contributed by atoms with Crippen molar-refractivity contribution in [1.29, 1.82) is 0 Å². The van der Waals surface area contributed by atoms with Crippen LogP contribution in [0.25, 0.3) is 0 Å². The maximum Gasteiger partial charge on any atom is 0.243 e. The molecule has 1 aromatic rings. The average Bonchev–Trinajstić information content (AvgIpc) is 2.51. The summed E-state index contributed by atoms with van der Waals surface area (Å²) in [5.41, 5.74) is 1.82. The number of piperazine rings is 1. The Morgan fingerprint density at radius 3 is 2.24 bits per heavy atom. The van der Waals surface area contributed by atoms with E-state index in [2.05, 4.69) is 9.62 Å². The van der Waals surface area contributed by atoms with Crippen molar-refractivity contribution in [2.24, 2.45) is 0 Å². The molecule has 0 aliphatic carbocycles. The molecular weight excluding hydrogens is 362 g/mol. The Balaban J connectivity index is 1.88. The van der Waals surface area contributed by atoms with Gasteiger partial charge in [-0.25, -0.2) is 21.6 Å². The fourth-order valence-corrected chi connectivity index (χ4v) is 5.12. The van der Waals surface area contributed by atoms with Gasteiger partial charge in [-0.05, 0) is 38.4 Å². The van der Waals surface area contributed by atoms with Crippen molar-refractivity contribution in [2.45, 2.75) is 25.2 Å². The van der Waals surface area contributed by atoms with Crippen LogP contribution in [-0.2, 0) is 20.0 Å². The highest BCUT2D eigenvalue weighted by atomic mass is 32.2. The van der Waals surface area contributed by atoms with Crippen molar-refractivity contribution in [3.05, 3.63) is 29.3 Å². The van der Waals surface area contributed by atoms with Crippen LogP contribution in [-0.4, -0.2) is 71.6 Å². The molecule has 1 aliphatic heterocycles. The van der Waals surface area contributed by atoms with E-state index < -0.39 is 20.0 Å². The van der Waals surface area contributed by atoms with Crippen LogP contribution >= 0.6 is 0 Å². The molecule has 0 unspecified atom stereocenters. The second-order valence-corrected chi connectivity index (χ2v) is 10.3. The highest BCUT2D eigenvalue weighted by Gasteiger charge is 2.29. The molecule has 1 aliphatic rings. The second kappa shape index (κ2) is 8.13. The molecule has 1 saturated heterocycles. The van der Waals surface area contributed by atoms with Gasteiger partial charge in [0.25, 0.3) is 0 Å². The van der Waals surface area contributed by atoms with Gasteiger partial charge in [-0.2, -0.15) is 4.31 Å². The third kappa shape index (κ3) is 5.75. The van der Waals surface area contributed by atoms with Crippen molar-refractivity contribution in [1.82, 2.24) is 13.9 Å². The molecule has 1 heterocycles. The van der Waals surface area contributed by atoms with Crippen LogP contribution in [0.15, 0.2) is 23.1 Å². The van der Waals surface area contributed by atoms with Gasteiger partial charge in [0.1, 0.15) is 0 Å². The molecule has 0 aromatic heterocycles. The zero-order valence-electron chi connectivity index (χ0n) is 15.0. The first-order valence-electron chi connectivity index (χ1n) is 8.34. The van der Waals surface area contributed by atoms with Gasteiger partial charge in [-0.15, -0.1) is 0 Å². The summed E-state index contributed by atoms with van der Waals surface area (Å²) in [6.07, 6.45) is 1.85. The van der Waals surface area contributed by atoms with E-state index in [9.17, 15) is 16.8 Å². The van der Waals surface area contributed by atoms with Crippen molar-refractivity contribution in [2.75, 3.05) is 45.5 Å². The first-order valence-corrected chi connectivity index (χ1v) is 11.7. The lowest BCUT2D eigenvalue weighted by atomic mass is 10.2. The molecule has 1 aromatic carbocycles. The lowest BCUT2D eigenvalue weighted by molar-refractivity contribution is 0.187. The van der Waals surface area contributed by atoms with Crippen LogP contribution in [0.3, 0.4) is 0 Å². The fraction of sp³-hybridized carbons (Fsp3) is 0.625. The van der Waals surface area contributed by atoms with E-state index in [0.29, 0.717) is 44.0 Å². The van der Waals surface area contributed by atoms with Crippen molar-refractivity contribution >= 4 is 20.0 Å². The van der Waals surface area contributed by atoms with Gasteiger partial charge in [0.2, 0.25) is 20.0 Å². The SMILES string of the molecule is Cc1ccc(S(=O)(=O)N2CCN(CCCNS(C)(=O)=O)CC2)c(C)c1. The van der Waals surface area contributed by atoms with Crippen molar-refractivity contribution in [3.63, 3.8) is 0 Å². The standard InChI is InChI=1S/C16H27N3O4S2/c1-14-5-6-16(15(2)13-14)25(22,23)19-11-9-18(10-12-19)8-4-7-17-24(3,20)21/h5-6,13,17H,4,7-12H2,1-3H3. The number of aryl methyl sites for hydroxylation is 2. The highest BCUT2D eigenvalue weighted by molar-refractivity contribution is 7.89. The van der Waals surface area contributed by atoms with Gasteiger partial charge in [-0.1, -0.05) is 17.7 Å². The van der Waals surface area contributed by atoms with Crippen LogP contribution in [0.5, 0.6) is 0 Å². The minimum absolute atomic E-state index is 0.379. The van der Waals surface area contributed by atoms with Crippen LogP contribution in [0, 0.1) is 13.8 Å². The first kappa shape index (κ1) is 20.3. The van der Waals surface area contributed by atoms with Crippen LogP contribution < -0.4 is 4.72 Å². The Morgan fingerprint density at radius 2 is 1.68 bits per heavy atom. The predicted octanol–water partition coefficient (Wildman–Crippen LogP) is 0.549. The highest BCUT2D eigenvalue weighted by Crippen LogP contribution is 2.22. The Hall–Kier alpha value is -1.00. The number of benzene rings is 1. The Kier molecular flexibility index (Phi) is 6.61. The van der Waals surface area contributed by atoms with Gasteiger partial charge in [0.15, 0.2) is 0 Å². The molecule has 1 fully saturated rings. The van der Waals surface area contributed by atoms with Gasteiger partial charge >= 0.3 is 0 Å². The molecule has 2 rings (SSSR count). The van der Waals surface area contributed by atoms with Crippen LogP contribution in [0.4, 0.5) is 0 Å². The molecule has 0 radical (unpaired) electrons. The van der Waals surface area contributed by atoms with Gasteiger partial charge in [-0.3, -0.25) is 0 Å². The molecule has 1 N–H and O–H groups in total. The largest absolute Gasteiger partial charge is 0.301 e. The molecule has 0 spiro atoms. The minimum Gasteiger partial charge on any atom is -0.301 e. The van der Waals surface area contributed by atoms with Crippen molar-refractivity contribution in [3.8, 4) is 0 Å². The predicted molar refractivity (Wildman–Crippen MR) is 98.6 cm³/mol. The number of nitrogens with zero attached hydrogens (tertiary/aromatic N) is 2. The second-order valence-electron chi connectivity index (χ2n) is 6.53. The topological polar surface area (TPSA) is 86.8 Å². The fourth-order valence-electron chi connectivity index (χ4n) is 2.98. The molecule has 142 valence electrons. The molecule has 0 amide bonds. The Morgan fingerprint density at radius 1 is 1.04 bits per heavy atom. The number of rotatable bonds is 7. The van der Waals surface area contributed by atoms with E-state index in [4.69, 9.17) is 0 Å². The summed E-state index contributed by atoms with van der Waals surface area (Å²) >= 11 is 0. The van der Waals surface area contributed by atoms with E-state index >= 15 is 0 Å². The van der Waals surface area contributed by atoms with Gasteiger partial charge in [0, 0.05) is 32.7 Å². The lowest BCUT2D eigenvalue weighted by Crippen LogP contribution is -2.49. The summed E-state index contributed by atoms with van der Waals surface area (Å²) in [4.78, 5) is 2.54. The quantitative estimate of drug-likeness (QED) is 0.688. The number of hydrogen-bond acceptors (Lipinski definition) is 5. The van der Waals surface area contributed by atoms with Gasteiger partial charge in [0.05, 0.1) is 11.2 Å².